The van der Waals surface area contributed by atoms with Crippen molar-refractivity contribution >= 4 is 29.0 Å². The van der Waals surface area contributed by atoms with Crippen LogP contribution in [0.2, 0.25) is 5.02 Å². The Morgan fingerprint density at radius 3 is 2.53 bits per heavy atom. The lowest BCUT2D eigenvalue weighted by Crippen LogP contribution is -2.44. The van der Waals surface area contributed by atoms with Gasteiger partial charge in [-0.15, -0.1) is 0 Å². The van der Waals surface area contributed by atoms with Gasteiger partial charge in [0.25, 0.3) is 0 Å². The molecular formula is C24H25ClF2N4O. The number of nitrogens with one attached hydrogen (secondary N) is 1. The molecule has 2 heterocycles. The number of halogens is 3. The first kappa shape index (κ1) is 22.3. The normalized spacial score (nSPS) is 13.8. The number of carbonyl (C=O) groups is 1. The third kappa shape index (κ3) is 4.21. The molecule has 0 radical (unpaired) electrons. The van der Waals surface area contributed by atoms with E-state index in [9.17, 15) is 13.6 Å². The van der Waals surface area contributed by atoms with Crippen molar-refractivity contribution in [1.82, 2.24) is 14.5 Å². The van der Waals surface area contributed by atoms with Crippen molar-refractivity contribution in [2.75, 3.05) is 11.9 Å². The Kier molecular flexibility index (Phi) is 5.95. The second kappa shape index (κ2) is 8.54. The van der Waals surface area contributed by atoms with Crippen LogP contribution in [0.3, 0.4) is 0 Å². The summed E-state index contributed by atoms with van der Waals surface area (Å²) in [4.78, 5) is 19.6. The van der Waals surface area contributed by atoms with Crippen molar-refractivity contribution in [3.8, 4) is 11.3 Å². The molecule has 0 fully saturated rings. The number of aromatic nitrogens is 2. The summed E-state index contributed by atoms with van der Waals surface area (Å²) < 4.78 is 29.5. The van der Waals surface area contributed by atoms with Gasteiger partial charge in [-0.05, 0) is 48.9 Å². The minimum atomic E-state index is -0.531. The maximum atomic E-state index is 14.0. The minimum absolute atomic E-state index is 0.0392. The molecule has 1 aliphatic heterocycles. The molecule has 3 aromatic rings. The Morgan fingerprint density at radius 2 is 1.88 bits per heavy atom. The molecular weight excluding hydrogens is 434 g/mol. The maximum absolute atomic E-state index is 14.0. The Labute approximate surface area is 191 Å². The SMILES string of the molecule is CCC(C)(C)C(=O)N1CCn2c(nc(-c3ccc(F)cc3)c2Nc2ccc(Cl)c(F)c2)C1. The molecule has 1 aromatic heterocycles. The van der Waals surface area contributed by atoms with E-state index in [0.29, 0.717) is 42.7 Å². The fourth-order valence-electron chi connectivity index (χ4n) is 3.73. The molecule has 4 rings (SSSR count). The summed E-state index contributed by atoms with van der Waals surface area (Å²) in [6, 6.07) is 10.5. The maximum Gasteiger partial charge on any atom is 0.228 e. The van der Waals surface area contributed by atoms with Gasteiger partial charge in [0.05, 0.1) is 11.6 Å². The number of imidazole rings is 1. The topological polar surface area (TPSA) is 50.2 Å². The van der Waals surface area contributed by atoms with Gasteiger partial charge >= 0.3 is 0 Å². The van der Waals surface area contributed by atoms with Gasteiger partial charge in [0.1, 0.15) is 29.0 Å². The fourth-order valence-corrected chi connectivity index (χ4v) is 3.85. The van der Waals surface area contributed by atoms with E-state index in [1.54, 1.807) is 18.2 Å². The second-order valence-corrected chi connectivity index (χ2v) is 9.01. The molecule has 5 nitrogen and oxygen atoms in total. The largest absolute Gasteiger partial charge is 0.340 e. The smallest absolute Gasteiger partial charge is 0.228 e. The van der Waals surface area contributed by atoms with Crippen LogP contribution in [0.25, 0.3) is 11.3 Å². The first-order chi connectivity index (χ1) is 15.2. The molecule has 1 N–H and O–H groups in total. The molecule has 0 saturated carbocycles. The first-order valence-electron chi connectivity index (χ1n) is 10.6. The van der Waals surface area contributed by atoms with Crippen LogP contribution in [-0.2, 0) is 17.9 Å². The Balaban J connectivity index is 1.74. The predicted octanol–water partition coefficient (Wildman–Crippen LogP) is 6.00. The summed E-state index contributed by atoms with van der Waals surface area (Å²) in [5.41, 5.74) is 1.40. The number of hydrogen-bond donors (Lipinski definition) is 1. The molecule has 1 amide bonds. The van der Waals surface area contributed by atoms with Gasteiger partial charge in [0.2, 0.25) is 5.91 Å². The Bertz CT molecular complexity index is 1160. The van der Waals surface area contributed by atoms with E-state index in [1.807, 2.05) is 30.2 Å². The van der Waals surface area contributed by atoms with Gasteiger partial charge in [0.15, 0.2) is 0 Å². The van der Waals surface area contributed by atoms with Crippen LogP contribution in [0.5, 0.6) is 0 Å². The summed E-state index contributed by atoms with van der Waals surface area (Å²) in [5, 5.41) is 3.29. The van der Waals surface area contributed by atoms with E-state index < -0.39 is 11.2 Å². The van der Waals surface area contributed by atoms with Crippen LogP contribution in [-0.4, -0.2) is 26.9 Å². The standard InChI is InChI=1S/C24H25ClF2N4O/c1-4-24(2,3)23(32)30-11-12-31-20(14-30)29-21(15-5-7-16(26)8-6-15)22(31)28-17-9-10-18(25)19(27)13-17/h5-10,13,28H,4,11-12,14H2,1-3H3. The average Bonchev–Trinajstić information content (AvgIpc) is 3.13. The number of nitrogens with zero attached hydrogens (tertiary/aromatic N) is 3. The van der Waals surface area contributed by atoms with E-state index >= 15 is 0 Å². The molecule has 8 heteroatoms. The van der Waals surface area contributed by atoms with E-state index in [-0.39, 0.29) is 16.7 Å². The van der Waals surface area contributed by atoms with Crippen molar-refractivity contribution in [1.29, 1.82) is 0 Å². The van der Waals surface area contributed by atoms with Crippen LogP contribution < -0.4 is 5.32 Å². The third-order valence-electron chi connectivity index (χ3n) is 6.02. The zero-order chi connectivity index (χ0) is 23.0. The van der Waals surface area contributed by atoms with E-state index in [2.05, 4.69) is 5.32 Å². The van der Waals surface area contributed by atoms with Crippen LogP contribution in [0.1, 0.15) is 33.0 Å². The quantitative estimate of drug-likeness (QED) is 0.509. The first-order valence-corrected chi connectivity index (χ1v) is 10.9. The van der Waals surface area contributed by atoms with Crippen LogP contribution in [0.4, 0.5) is 20.3 Å². The molecule has 0 spiro atoms. The number of carbonyl (C=O) groups excluding carboxylic acids is 1. The van der Waals surface area contributed by atoms with Crippen LogP contribution in [0, 0.1) is 17.0 Å². The molecule has 32 heavy (non-hydrogen) atoms. The summed E-state index contributed by atoms with van der Waals surface area (Å²) >= 11 is 5.82. The lowest BCUT2D eigenvalue weighted by molar-refractivity contribution is -0.142. The number of anilines is 2. The summed E-state index contributed by atoms with van der Waals surface area (Å²) in [5.74, 6) is 0.595. The Morgan fingerprint density at radius 1 is 1.16 bits per heavy atom. The van der Waals surface area contributed by atoms with Crippen LogP contribution in [0.15, 0.2) is 42.5 Å². The fraction of sp³-hybridized carbons (Fsp3) is 0.333. The van der Waals surface area contributed by atoms with Crippen molar-refractivity contribution in [3.05, 3.63) is 64.9 Å². The number of amides is 1. The summed E-state index contributed by atoms with van der Waals surface area (Å²) in [6.07, 6.45) is 0.743. The minimum Gasteiger partial charge on any atom is -0.340 e. The van der Waals surface area contributed by atoms with E-state index in [4.69, 9.17) is 16.6 Å². The zero-order valence-corrected chi connectivity index (χ0v) is 19.0. The molecule has 0 bridgehead atoms. The van der Waals surface area contributed by atoms with Gasteiger partial charge in [0, 0.05) is 29.8 Å². The third-order valence-corrected chi connectivity index (χ3v) is 6.33. The van der Waals surface area contributed by atoms with Gasteiger partial charge in [-0.1, -0.05) is 32.4 Å². The number of fused-ring (bicyclic) bond motifs is 1. The molecule has 0 atom stereocenters. The highest BCUT2D eigenvalue weighted by Crippen LogP contribution is 2.35. The highest BCUT2D eigenvalue weighted by Gasteiger charge is 2.34. The van der Waals surface area contributed by atoms with Gasteiger partial charge in [-0.25, -0.2) is 13.8 Å². The van der Waals surface area contributed by atoms with Gasteiger partial charge in [-0.2, -0.15) is 0 Å². The number of hydrogen-bond acceptors (Lipinski definition) is 3. The van der Waals surface area contributed by atoms with Gasteiger partial charge in [-0.3, -0.25) is 4.79 Å². The molecule has 168 valence electrons. The Hall–Kier alpha value is -2.93. The molecule has 2 aromatic carbocycles. The summed E-state index contributed by atoms with van der Waals surface area (Å²) in [7, 11) is 0. The number of rotatable bonds is 5. The highest BCUT2D eigenvalue weighted by atomic mass is 35.5. The zero-order valence-electron chi connectivity index (χ0n) is 18.3. The molecule has 0 aliphatic carbocycles. The predicted molar refractivity (Wildman–Crippen MR) is 122 cm³/mol. The molecule has 0 saturated heterocycles. The van der Waals surface area contributed by atoms with Crippen molar-refractivity contribution in [2.24, 2.45) is 5.41 Å². The summed E-state index contributed by atoms with van der Waals surface area (Å²) in [6.45, 7) is 7.34. The van der Waals surface area contributed by atoms with Crippen molar-refractivity contribution in [2.45, 2.75) is 40.3 Å². The van der Waals surface area contributed by atoms with Crippen molar-refractivity contribution in [3.63, 3.8) is 0 Å². The number of benzene rings is 2. The average molecular weight is 459 g/mol. The lowest BCUT2D eigenvalue weighted by Gasteiger charge is -2.34. The highest BCUT2D eigenvalue weighted by molar-refractivity contribution is 6.30. The van der Waals surface area contributed by atoms with Gasteiger partial charge < -0.3 is 14.8 Å². The second-order valence-electron chi connectivity index (χ2n) is 8.60. The molecule has 1 aliphatic rings. The van der Waals surface area contributed by atoms with E-state index in [0.717, 1.165) is 12.0 Å². The van der Waals surface area contributed by atoms with Crippen molar-refractivity contribution < 1.29 is 13.6 Å². The molecule has 0 unspecified atom stereocenters. The monoisotopic (exact) mass is 458 g/mol. The van der Waals surface area contributed by atoms with E-state index in [1.165, 1.54) is 24.3 Å². The lowest BCUT2D eigenvalue weighted by atomic mass is 9.88. The van der Waals surface area contributed by atoms with Crippen LogP contribution >= 0.6 is 11.6 Å².